The number of fused-ring (bicyclic) bond motifs is 4. The number of likely N-dealkylation sites (N-methyl/N-ethyl adjacent to an activating group) is 1. The molecule has 28 heavy (non-hydrogen) atoms. The molecular formula is C24H38ClNO2. The molecule has 3 rings (SSSR count). The number of halogens is 1. The molecule has 1 aromatic rings. The first kappa shape index (κ1) is 23.2. The van der Waals surface area contributed by atoms with E-state index in [9.17, 15) is 4.79 Å². The Morgan fingerprint density at radius 1 is 1.29 bits per heavy atom. The minimum Gasteiger partial charge on any atom is -0.497 e. The normalized spacial score (nSPS) is 29.2. The maximum Gasteiger partial charge on any atom is 0.132 e. The number of ether oxygens (including phenoxy) is 1. The average Bonchev–Trinajstić information content (AvgIpc) is 2.64. The molecule has 1 fully saturated rings. The summed E-state index contributed by atoms with van der Waals surface area (Å²) in [4.78, 5) is 15.1. The summed E-state index contributed by atoms with van der Waals surface area (Å²) in [6, 6.07) is 7.10. The Bertz CT molecular complexity index is 704. The van der Waals surface area contributed by atoms with Gasteiger partial charge in [-0.05, 0) is 73.9 Å². The standard InChI is InChI=1S/C24H37NO2.ClH/c1-17(2)7-9-19(26)11-12-24(4)22-15-18-8-10-20(27-6)16-21(18)23(24,3)13-14-25(22)5;/h8,10,16-17,22H,7,9,11-15H2,1-6H3;1H/t22?,23-,24-;/m1./s1. The Morgan fingerprint density at radius 3 is 2.64 bits per heavy atom. The first-order valence-corrected chi connectivity index (χ1v) is 10.6. The summed E-state index contributed by atoms with van der Waals surface area (Å²) in [5.41, 5.74) is 3.10. The zero-order chi connectivity index (χ0) is 19.8. The second kappa shape index (κ2) is 8.75. The molecule has 4 heteroatoms. The molecule has 0 spiro atoms. The summed E-state index contributed by atoms with van der Waals surface area (Å²) >= 11 is 0. The van der Waals surface area contributed by atoms with Gasteiger partial charge >= 0.3 is 0 Å². The molecule has 0 amide bonds. The molecule has 2 bridgehead atoms. The fourth-order valence-electron chi connectivity index (χ4n) is 5.52. The predicted molar refractivity (Wildman–Crippen MR) is 119 cm³/mol. The van der Waals surface area contributed by atoms with Crippen molar-refractivity contribution < 1.29 is 9.53 Å². The molecular weight excluding hydrogens is 370 g/mol. The molecule has 0 saturated carbocycles. The zero-order valence-electron chi connectivity index (χ0n) is 18.5. The molecule has 1 aliphatic carbocycles. The van der Waals surface area contributed by atoms with Crippen LogP contribution in [0.5, 0.6) is 5.75 Å². The third-order valence-corrected chi connectivity index (χ3v) is 7.74. The third-order valence-electron chi connectivity index (χ3n) is 7.74. The summed E-state index contributed by atoms with van der Waals surface area (Å²) in [6.45, 7) is 10.4. The van der Waals surface area contributed by atoms with Crippen LogP contribution in [0.4, 0.5) is 0 Å². The monoisotopic (exact) mass is 407 g/mol. The van der Waals surface area contributed by atoms with Crippen LogP contribution in [-0.4, -0.2) is 37.4 Å². The van der Waals surface area contributed by atoms with Crippen LogP contribution in [0.1, 0.15) is 70.9 Å². The Kier molecular flexibility index (Phi) is 7.26. The van der Waals surface area contributed by atoms with Crippen LogP contribution in [0.3, 0.4) is 0 Å². The maximum absolute atomic E-state index is 12.6. The van der Waals surface area contributed by atoms with Crippen molar-refractivity contribution in [1.82, 2.24) is 4.90 Å². The van der Waals surface area contributed by atoms with Crippen LogP contribution in [0.15, 0.2) is 18.2 Å². The average molecular weight is 408 g/mol. The highest BCUT2D eigenvalue weighted by atomic mass is 35.5. The molecule has 0 aromatic heterocycles. The minimum absolute atomic E-state index is 0. The van der Waals surface area contributed by atoms with Crippen LogP contribution >= 0.6 is 12.4 Å². The highest BCUT2D eigenvalue weighted by molar-refractivity contribution is 5.85. The van der Waals surface area contributed by atoms with Gasteiger partial charge in [0.15, 0.2) is 0 Å². The van der Waals surface area contributed by atoms with Crippen molar-refractivity contribution in [3.8, 4) is 5.75 Å². The van der Waals surface area contributed by atoms with E-state index in [-0.39, 0.29) is 23.2 Å². The van der Waals surface area contributed by atoms with E-state index in [1.807, 2.05) is 0 Å². The summed E-state index contributed by atoms with van der Waals surface area (Å²) in [5, 5.41) is 0. The highest BCUT2D eigenvalue weighted by Gasteiger charge is 2.57. The Labute approximate surface area is 177 Å². The molecule has 3 atom stereocenters. The van der Waals surface area contributed by atoms with Crippen LogP contribution < -0.4 is 4.74 Å². The quantitative estimate of drug-likeness (QED) is 0.603. The Hall–Kier alpha value is -1.06. The molecule has 3 nitrogen and oxygen atoms in total. The van der Waals surface area contributed by atoms with Gasteiger partial charge in [0.2, 0.25) is 0 Å². The fraction of sp³-hybridized carbons (Fsp3) is 0.708. The van der Waals surface area contributed by atoms with Crippen molar-refractivity contribution in [2.45, 2.75) is 77.7 Å². The Balaban J connectivity index is 0.00000280. The number of carbonyl (C=O) groups excluding carboxylic acids is 1. The van der Waals surface area contributed by atoms with Crippen molar-refractivity contribution in [2.75, 3.05) is 20.7 Å². The molecule has 0 N–H and O–H groups in total. The lowest BCUT2D eigenvalue weighted by molar-refractivity contribution is -0.121. The summed E-state index contributed by atoms with van der Waals surface area (Å²) in [6.07, 6.45) is 5.64. The molecule has 0 radical (unpaired) electrons. The third kappa shape index (κ3) is 3.98. The van der Waals surface area contributed by atoms with Crippen molar-refractivity contribution in [2.24, 2.45) is 11.3 Å². The van der Waals surface area contributed by atoms with E-state index >= 15 is 0 Å². The van der Waals surface area contributed by atoms with E-state index in [2.05, 4.69) is 57.8 Å². The smallest absolute Gasteiger partial charge is 0.132 e. The Morgan fingerprint density at radius 2 is 2.00 bits per heavy atom. The highest BCUT2D eigenvalue weighted by Crippen LogP contribution is 2.58. The maximum atomic E-state index is 12.6. The second-order valence-corrected chi connectivity index (χ2v) is 9.69. The summed E-state index contributed by atoms with van der Waals surface area (Å²) in [7, 11) is 4.01. The number of hydrogen-bond donors (Lipinski definition) is 0. The van der Waals surface area contributed by atoms with Crippen LogP contribution in [0.25, 0.3) is 0 Å². The van der Waals surface area contributed by atoms with Gasteiger partial charge in [-0.1, -0.05) is 33.8 Å². The molecule has 2 aliphatic rings. The second-order valence-electron chi connectivity index (χ2n) is 9.69. The number of piperidine rings is 1. The lowest BCUT2D eigenvalue weighted by atomic mass is 9.49. The van der Waals surface area contributed by atoms with Crippen molar-refractivity contribution in [1.29, 1.82) is 0 Å². The lowest BCUT2D eigenvalue weighted by Gasteiger charge is -2.62. The van der Waals surface area contributed by atoms with Gasteiger partial charge in [-0.3, -0.25) is 4.79 Å². The first-order valence-electron chi connectivity index (χ1n) is 10.6. The molecule has 1 aromatic carbocycles. The number of nitrogens with zero attached hydrogens (tertiary/aromatic N) is 1. The van der Waals surface area contributed by atoms with Crippen LogP contribution in [-0.2, 0) is 16.6 Å². The van der Waals surface area contributed by atoms with E-state index in [4.69, 9.17) is 4.74 Å². The predicted octanol–water partition coefficient (Wildman–Crippen LogP) is 5.43. The SMILES string of the molecule is COc1ccc2c(c1)[C@@]1(C)CCN(C)C(C2)[C@@]1(C)CCC(=O)CCC(C)C.Cl. The van der Waals surface area contributed by atoms with E-state index in [1.165, 1.54) is 11.1 Å². The number of carbonyl (C=O) groups is 1. The first-order chi connectivity index (χ1) is 12.7. The van der Waals surface area contributed by atoms with Gasteiger partial charge in [0.05, 0.1) is 7.11 Å². The van der Waals surface area contributed by atoms with Gasteiger partial charge < -0.3 is 9.64 Å². The largest absolute Gasteiger partial charge is 0.497 e. The van der Waals surface area contributed by atoms with Crippen molar-refractivity contribution in [3.63, 3.8) is 0 Å². The van der Waals surface area contributed by atoms with E-state index in [1.54, 1.807) is 7.11 Å². The van der Waals surface area contributed by atoms with E-state index in [0.717, 1.165) is 44.4 Å². The van der Waals surface area contributed by atoms with E-state index < -0.39 is 0 Å². The summed E-state index contributed by atoms with van der Waals surface area (Å²) in [5.74, 6) is 1.98. The number of benzene rings is 1. The van der Waals surface area contributed by atoms with Gasteiger partial charge in [0.25, 0.3) is 0 Å². The minimum atomic E-state index is 0. The van der Waals surface area contributed by atoms with Gasteiger partial charge in [-0.25, -0.2) is 0 Å². The van der Waals surface area contributed by atoms with Gasteiger partial charge in [-0.2, -0.15) is 0 Å². The number of methoxy groups -OCH3 is 1. The van der Waals surface area contributed by atoms with Crippen LogP contribution in [0.2, 0.25) is 0 Å². The fourth-order valence-corrected chi connectivity index (χ4v) is 5.52. The van der Waals surface area contributed by atoms with E-state index in [0.29, 0.717) is 24.2 Å². The molecule has 158 valence electrons. The molecule has 1 saturated heterocycles. The van der Waals surface area contributed by atoms with Crippen LogP contribution in [0, 0.1) is 11.3 Å². The number of Topliss-reactive ketones (excluding diaryl/α,β-unsaturated/α-hetero) is 1. The van der Waals surface area contributed by atoms with Gasteiger partial charge in [0.1, 0.15) is 11.5 Å². The zero-order valence-corrected chi connectivity index (χ0v) is 19.3. The molecule has 1 aliphatic heterocycles. The topological polar surface area (TPSA) is 29.5 Å². The number of ketones is 1. The summed E-state index contributed by atoms with van der Waals surface area (Å²) < 4.78 is 5.54. The number of rotatable bonds is 7. The molecule has 1 heterocycles. The number of likely N-dealkylation sites (tertiary alicyclic amines) is 1. The number of hydrogen-bond acceptors (Lipinski definition) is 3. The van der Waals surface area contributed by atoms with Gasteiger partial charge in [-0.15, -0.1) is 12.4 Å². The lowest BCUT2D eigenvalue weighted by Crippen LogP contribution is -2.64. The van der Waals surface area contributed by atoms with Crippen molar-refractivity contribution in [3.05, 3.63) is 29.3 Å². The van der Waals surface area contributed by atoms with Crippen molar-refractivity contribution >= 4 is 18.2 Å². The van der Waals surface area contributed by atoms with Gasteiger partial charge in [0, 0.05) is 24.3 Å². The molecule has 1 unspecified atom stereocenters.